The standard InChI is InChI=1S/C16H17NO3/c1-19-14-6-4-12(5-7-14)16(18)17-9-8-13(11-17)15-3-2-10-20-15/h2-7,10,13H,8-9,11H2,1H3. The number of hydrogen-bond acceptors (Lipinski definition) is 3. The maximum atomic E-state index is 12.4. The van der Waals surface area contributed by atoms with Gasteiger partial charge >= 0.3 is 0 Å². The lowest BCUT2D eigenvalue weighted by molar-refractivity contribution is 0.0790. The Hall–Kier alpha value is -2.23. The second-order valence-corrected chi connectivity index (χ2v) is 4.98. The molecule has 1 aromatic carbocycles. The van der Waals surface area contributed by atoms with Gasteiger partial charge in [0, 0.05) is 24.6 Å². The fourth-order valence-corrected chi connectivity index (χ4v) is 2.62. The third-order valence-corrected chi connectivity index (χ3v) is 3.76. The van der Waals surface area contributed by atoms with Gasteiger partial charge in [-0.15, -0.1) is 0 Å². The first-order valence-corrected chi connectivity index (χ1v) is 6.74. The number of methoxy groups -OCH3 is 1. The fourth-order valence-electron chi connectivity index (χ4n) is 2.62. The van der Waals surface area contributed by atoms with Gasteiger partial charge in [0.2, 0.25) is 0 Å². The minimum absolute atomic E-state index is 0.0710. The summed E-state index contributed by atoms with van der Waals surface area (Å²) in [5.41, 5.74) is 0.700. The van der Waals surface area contributed by atoms with E-state index in [0.717, 1.165) is 31.0 Å². The van der Waals surface area contributed by atoms with E-state index in [-0.39, 0.29) is 5.91 Å². The Morgan fingerprint density at radius 2 is 2.10 bits per heavy atom. The molecule has 1 unspecified atom stereocenters. The molecule has 1 aliphatic rings. The first kappa shape index (κ1) is 12.8. The molecular weight excluding hydrogens is 254 g/mol. The molecule has 1 atom stereocenters. The molecule has 0 saturated carbocycles. The summed E-state index contributed by atoms with van der Waals surface area (Å²) in [5.74, 6) is 2.11. The van der Waals surface area contributed by atoms with Crippen molar-refractivity contribution in [2.24, 2.45) is 0 Å². The lowest BCUT2D eigenvalue weighted by Crippen LogP contribution is -2.28. The number of ether oxygens (including phenoxy) is 1. The van der Waals surface area contributed by atoms with Crippen LogP contribution in [0.1, 0.15) is 28.5 Å². The SMILES string of the molecule is COc1ccc(C(=O)N2CCC(c3ccco3)C2)cc1. The van der Waals surface area contributed by atoms with Crippen LogP contribution in [0, 0.1) is 0 Å². The second-order valence-electron chi connectivity index (χ2n) is 4.98. The minimum atomic E-state index is 0.0710. The number of nitrogens with zero attached hydrogens (tertiary/aromatic N) is 1. The molecule has 0 aliphatic carbocycles. The molecule has 0 spiro atoms. The summed E-state index contributed by atoms with van der Waals surface area (Å²) < 4.78 is 10.5. The highest BCUT2D eigenvalue weighted by Gasteiger charge is 2.29. The zero-order valence-electron chi connectivity index (χ0n) is 11.4. The van der Waals surface area contributed by atoms with E-state index < -0.39 is 0 Å². The van der Waals surface area contributed by atoms with Crippen LogP contribution in [0.4, 0.5) is 0 Å². The Bertz CT molecular complexity index is 574. The van der Waals surface area contributed by atoms with E-state index in [9.17, 15) is 4.79 Å². The summed E-state index contributed by atoms with van der Waals surface area (Å²) >= 11 is 0. The highest BCUT2D eigenvalue weighted by molar-refractivity contribution is 5.94. The van der Waals surface area contributed by atoms with Gasteiger partial charge in [-0.3, -0.25) is 4.79 Å². The molecule has 2 heterocycles. The summed E-state index contributed by atoms with van der Waals surface area (Å²) in [6, 6.07) is 11.1. The van der Waals surface area contributed by atoms with Crippen molar-refractivity contribution in [2.45, 2.75) is 12.3 Å². The van der Waals surface area contributed by atoms with Crippen LogP contribution in [0.15, 0.2) is 47.1 Å². The van der Waals surface area contributed by atoms with Gasteiger partial charge in [0.05, 0.1) is 13.4 Å². The molecule has 4 heteroatoms. The van der Waals surface area contributed by atoms with Crippen molar-refractivity contribution in [1.29, 1.82) is 0 Å². The van der Waals surface area contributed by atoms with Crippen LogP contribution in [-0.4, -0.2) is 31.0 Å². The highest BCUT2D eigenvalue weighted by Crippen LogP contribution is 2.28. The summed E-state index contributed by atoms with van der Waals surface area (Å²) in [6.45, 7) is 1.49. The topological polar surface area (TPSA) is 42.7 Å². The zero-order valence-corrected chi connectivity index (χ0v) is 11.4. The number of furan rings is 1. The van der Waals surface area contributed by atoms with E-state index in [0.29, 0.717) is 11.5 Å². The van der Waals surface area contributed by atoms with Gasteiger partial charge in [-0.05, 0) is 42.8 Å². The Kier molecular flexibility index (Phi) is 3.46. The van der Waals surface area contributed by atoms with Crippen molar-refractivity contribution < 1.29 is 13.9 Å². The third kappa shape index (κ3) is 2.41. The van der Waals surface area contributed by atoms with Crippen LogP contribution in [-0.2, 0) is 0 Å². The molecule has 1 fully saturated rings. The quantitative estimate of drug-likeness (QED) is 0.862. The van der Waals surface area contributed by atoms with Gasteiger partial charge < -0.3 is 14.1 Å². The van der Waals surface area contributed by atoms with Gasteiger partial charge in [-0.1, -0.05) is 0 Å². The number of carbonyl (C=O) groups is 1. The van der Waals surface area contributed by atoms with Crippen molar-refractivity contribution >= 4 is 5.91 Å². The van der Waals surface area contributed by atoms with E-state index in [1.807, 2.05) is 29.2 Å². The predicted octanol–water partition coefficient (Wildman–Crippen LogP) is 2.92. The van der Waals surface area contributed by atoms with Crippen molar-refractivity contribution in [2.75, 3.05) is 20.2 Å². The molecule has 3 rings (SSSR count). The molecule has 0 N–H and O–H groups in total. The summed E-state index contributed by atoms with van der Waals surface area (Å²) in [6.07, 6.45) is 2.64. The molecule has 1 aliphatic heterocycles. The Morgan fingerprint density at radius 3 is 2.75 bits per heavy atom. The number of rotatable bonds is 3. The maximum absolute atomic E-state index is 12.4. The van der Waals surface area contributed by atoms with Crippen LogP contribution in [0.3, 0.4) is 0 Å². The molecule has 1 saturated heterocycles. The van der Waals surface area contributed by atoms with Gasteiger partial charge in [-0.2, -0.15) is 0 Å². The number of benzene rings is 1. The van der Waals surface area contributed by atoms with Crippen LogP contribution in [0.25, 0.3) is 0 Å². The molecule has 104 valence electrons. The average Bonchev–Trinajstić information content (AvgIpc) is 3.17. The summed E-state index contributed by atoms with van der Waals surface area (Å²) in [5, 5.41) is 0. The molecular formula is C16H17NO3. The molecule has 2 aromatic rings. The summed E-state index contributed by atoms with van der Waals surface area (Å²) in [4.78, 5) is 14.3. The molecule has 1 aromatic heterocycles. The van der Waals surface area contributed by atoms with Crippen molar-refractivity contribution in [3.05, 3.63) is 54.0 Å². The molecule has 20 heavy (non-hydrogen) atoms. The second kappa shape index (κ2) is 5.41. The molecule has 0 radical (unpaired) electrons. The van der Waals surface area contributed by atoms with E-state index >= 15 is 0 Å². The smallest absolute Gasteiger partial charge is 0.253 e. The largest absolute Gasteiger partial charge is 0.497 e. The first-order chi connectivity index (χ1) is 9.78. The number of amides is 1. The Morgan fingerprint density at radius 1 is 1.30 bits per heavy atom. The third-order valence-electron chi connectivity index (χ3n) is 3.76. The highest BCUT2D eigenvalue weighted by atomic mass is 16.5. The molecule has 4 nitrogen and oxygen atoms in total. The normalized spacial score (nSPS) is 18.2. The van der Waals surface area contributed by atoms with E-state index in [2.05, 4.69) is 0 Å². The van der Waals surface area contributed by atoms with Crippen LogP contribution in [0.5, 0.6) is 5.75 Å². The maximum Gasteiger partial charge on any atom is 0.253 e. The average molecular weight is 271 g/mol. The van der Waals surface area contributed by atoms with Crippen LogP contribution in [0.2, 0.25) is 0 Å². The van der Waals surface area contributed by atoms with Gasteiger partial charge in [-0.25, -0.2) is 0 Å². The lowest BCUT2D eigenvalue weighted by atomic mass is 10.1. The van der Waals surface area contributed by atoms with Gasteiger partial charge in [0.25, 0.3) is 5.91 Å². The lowest BCUT2D eigenvalue weighted by Gasteiger charge is -2.16. The number of carbonyl (C=O) groups excluding carboxylic acids is 1. The van der Waals surface area contributed by atoms with Crippen molar-refractivity contribution in [1.82, 2.24) is 4.90 Å². The number of likely N-dealkylation sites (tertiary alicyclic amines) is 1. The van der Waals surface area contributed by atoms with E-state index in [1.54, 1.807) is 25.5 Å². The first-order valence-electron chi connectivity index (χ1n) is 6.74. The monoisotopic (exact) mass is 271 g/mol. The molecule has 0 bridgehead atoms. The van der Waals surface area contributed by atoms with Crippen molar-refractivity contribution in [3.8, 4) is 5.75 Å². The van der Waals surface area contributed by atoms with Crippen LogP contribution >= 0.6 is 0 Å². The summed E-state index contributed by atoms with van der Waals surface area (Å²) in [7, 11) is 1.62. The Labute approximate surface area is 118 Å². The Balaban J connectivity index is 1.69. The van der Waals surface area contributed by atoms with Crippen LogP contribution < -0.4 is 4.74 Å². The fraction of sp³-hybridized carbons (Fsp3) is 0.312. The van der Waals surface area contributed by atoms with E-state index in [1.165, 1.54) is 0 Å². The molecule has 1 amide bonds. The zero-order chi connectivity index (χ0) is 13.9. The van der Waals surface area contributed by atoms with E-state index in [4.69, 9.17) is 9.15 Å². The number of hydrogen-bond donors (Lipinski definition) is 0. The predicted molar refractivity (Wildman–Crippen MR) is 75.0 cm³/mol. The van der Waals surface area contributed by atoms with Crippen molar-refractivity contribution in [3.63, 3.8) is 0 Å². The van der Waals surface area contributed by atoms with Gasteiger partial charge in [0.15, 0.2) is 0 Å². The van der Waals surface area contributed by atoms with Gasteiger partial charge in [0.1, 0.15) is 11.5 Å². The minimum Gasteiger partial charge on any atom is -0.497 e.